The first kappa shape index (κ1) is 14.2. The molecule has 96 valence electrons. The summed E-state index contributed by atoms with van der Waals surface area (Å²) in [7, 11) is 0. The van der Waals surface area contributed by atoms with E-state index in [2.05, 4.69) is 5.32 Å². The fourth-order valence-electron chi connectivity index (χ4n) is 1.70. The summed E-state index contributed by atoms with van der Waals surface area (Å²) in [4.78, 5) is 0. The lowest BCUT2D eigenvalue weighted by atomic mass is 10.0. The zero-order chi connectivity index (χ0) is 12.5. The van der Waals surface area contributed by atoms with Gasteiger partial charge in [-0.05, 0) is 32.4 Å². The van der Waals surface area contributed by atoms with Crippen LogP contribution in [0.4, 0.5) is 0 Å². The fraction of sp³-hybridized carbons (Fsp3) is 0.571. The molecule has 2 atom stereocenters. The number of ether oxygens (including phenoxy) is 1. The van der Waals surface area contributed by atoms with Crippen LogP contribution in [-0.4, -0.2) is 30.9 Å². The fourth-order valence-corrected chi connectivity index (χ4v) is 1.70. The van der Waals surface area contributed by atoms with Gasteiger partial charge in [-0.2, -0.15) is 0 Å². The summed E-state index contributed by atoms with van der Waals surface area (Å²) in [6.07, 6.45) is 0.517. The van der Waals surface area contributed by atoms with Gasteiger partial charge in [0.1, 0.15) is 0 Å². The molecule has 1 aromatic carbocycles. The Morgan fingerprint density at radius 1 is 1.29 bits per heavy atom. The monoisotopic (exact) mass is 237 g/mol. The lowest BCUT2D eigenvalue weighted by molar-refractivity contribution is 0.125. The van der Waals surface area contributed by atoms with Gasteiger partial charge in [-0.1, -0.05) is 30.3 Å². The molecule has 0 aliphatic carbocycles. The molecule has 0 aliphatic heterocycles. The molecule has 1 aromatic rings. The highest BCUT2D eigenvalue weighted by Gasteiger charge is 2.14. The molecule has 0 amide bonds. The van der Waals surface area contributed by atoms with Crippen LogP contribution in [0.1, 0.15) is 31.9 Å². The number of benzene rings is 1. The molecule has 0 aromatic heterocycles. The Balaban J connectivity index is 2.25. The minimum Gasteiger partial charge on any atom is -0.387 e. The predicted octanol–water partition coefficient (Wildman–Crippen LogP) is 2.12. The van der Waals surface area contributed by atoms with E-state index in [-0.39, 0.29) is 6.04 Å². The summed E-state index contributed by atoms with van der Waals surface area (Å²) in [5.74, 6) is 0. The average molecular weight is 237 g/mol. The van der Waals surface area contributed by atoms with E-state index in [1.165, 1.54) is 0 Å². The Morgan fingerprint density at radius 2 is 2.00 bits per heavy atom. The van der Waals surface area contributed by atoms with Crippen LogP contribution in [0.5, 0.6) is 0 Å². The lowest BCUT2D eigenvalue weighted by Gasteiger charge is -2.20. The number of rotatable bonds is 8. The third kappa shape index (κ3) is 5.31. The van der Waals surface area contributed by atoms with Crippen LogP contribution in [0.2, 0.25) is 0 Å². The summed E-state index contributed by atoms with van der Waals surface area (Å²) >= 11 is 0. The van der Waals surface area contributed by atoms with Crippen LogP contribution < -0.4 is 5.32 Å². The maximum Gasteiger partial charge on any atom is 0.0940 e. The number of hydrogen-bond donors (Lipinski definition) is 2. The minimum absolute atomic E-state index is 0.0547. The van der Waals surface area contributed by atoms with Crippen molar-refractivity contribution in [2.45, 2.75) is 32.4 Å². The van der Waals surface area contributed by atoms with Gasteiger partial charge in [-0.3, -0.25) is 0 Å². The van der Waals surface area contributed by atoms with Crippen LogP contribution in [0, 0.1) is 0 Å². The smallest absolute Gasteiger partial charge is 0.0940 e. The van der Waals surface area contributed by atoms with Crippen LogP contribution in [0.3, 0.4) is 0 Å². The average Bonchev–Trinajstić information content (AvgIpc) is 2.38. The third-order valence-electron chi connectivity index (χ3n) is 2.75. The van der Waals surface area contributed by atoms with Crippen molar-refractivity contribution in [3.05, 3.63) is 35.9 Å². The lowest BCUT2D eigenvalue weighted by Crippen LogP contribution is -2.33. The standard InChI is InChI=1S/C14H23NO2/c1-3-17-11-7-10-15-12(2)14(16)13-8-5-4-6-9-13/h4-6,8-9,12,14-16H,3,7,10-11H2,1-2H3. The van der Waals surface area contributed by atoms with Crippen molar-refractivity contribution in [1.82, 2.24) is 5.32 Å². The Bertz CT molecular complexity index is 290. The second-order valence-electron chi connectivity index (χ2n) is 4.15. The van der Waals surface area contributed by atoms with Crippen LogP contribution in [-0.2, 0) is 4.74 Å². The second-order valence-corrected chi connectivity index (χ2v) is 4.15. The van der Waals surface area contributed by atoms with Gasteiger partial charge in [0, 0.05) is 19.3 Å². The van der Waals surface area contributed by atoms with Gasteiger partial charge in [0.15, 0.2) is 0 Å². The van der Waals surface area contributed by atoms with Crippen molar-refractivity contribution in [3.63, 3.8) is 0 Å². The summed E-state index contributed by atoms with van der Waals surface area (Å²) in [5.41, 5.74) is 0.956. The number of aliphatic hydroxyl groups excluding tert-OH is 1. The molecule has 0 fully saturated rings. The van der Waals surface area contributed by atoms with E-state index in [1.807, 2.05) is 44.2 Å². The van der Waals surface area contributed by atoms with E-state index in [1.54, 1.807) is 0 Å². The molecule has 0 saturated carbocycles. The minimum atomic E-state index is -0.455. The number of aliphatic hydroxyl groups is 1. The van der Waals surface area contributed by atoms with E-state index in [4.69, 9.17) is 4.74 Å². The van der Waals surface area contributed by atoms with E-state index < -0.39 is 6.10 Å². The zero-order valence-corrected chi connectivity index (χ0v) is 10.7. The molecular formula is C14H23NO2. The molecule has 0 aliphatic rings. The van der Waals surface area contributed by atoms with Gasteiger partial charge >= 0.3 is 0 Å². The SMILES string of the molecule is CCOCCCNC(C)C(O)c1ccccc1. The molecule has 17 heavy (non-hydrogen) atoms. The second kappa shape index (κ2) is 8.23. The highest BCUT2D eigenvalue weighted by Crippen LogP contribution is 2.15. The van der Waals surface area contributed by atoms with Crippen molar-refractivity contribution < 1.29 is 9.84 Å². The van der Waals surface area contributed by atoms with Gasteiger partial charge < -0.3 is 15.2 Å². The van der Waals surface area contributed by atoms with Gasteiger partial charge in [0.2, 0.25) is 0 Å². The first-order chi connectivity index (χ1) is 8.25. The van der Waals surface area contributed by atoms with Crippen LogP contribution >= 0.6 is 0 Å². The van der Waals surface area contributed by atoms with Gasteiger partial charge in [0.05, 0.1) is 6.10 Å². The molecule has 3 nitrogen and oxygen atoms in total. The Kier molecular flexibility index (Phi) is 6.86. The molecule has 3 heteroatoms. The highest BCUT2D eigenvalue weighted by molar-refractivity contribution is 5.18. The summed E-state index contributed by atoms with van der Waals surface area (Å²) in [5, 5.41) is 13.4. The third-order valence-corrected chi connectivity index (χ3v) is 2.75. The molecule has 1 rings (SSSR count). The van der Waals surface area contributed by atoms with Gasteiger partial charge in [-0.15, -0.1) is 0 Å². The van der Waals surface area contributed by atoms with Crippen molar-refractivity contribution >= 4 is 0 Å². The molecule has 0 radical (unpaired) electrons. The quantitative estimate of drug-likeness (QED) is 0.681. The molecular weight excluding hydrogens is 214 g/mol. The Morgan fingerprint density at radius 3 is 2.65 bits per heavy atom. The maximum atomic E-state index is 10.1. The zero-order valence-electron chi connectivity index (χ0n) is 10.7. The van der Waals surface area contributed by atoms with Crippen molar-refractivity contribution in [2.24, 2.45) is 0 Å². The van der Waals surface area contributed by atoms with E-state index >= 15 is 0 Å². The van der Waals surface area contributed by atoms with E-state index in [0.29, 0.717) is 0 Å². The molecule has 0 bridgehead atoms. The van der Waals surface area contributed by atoms with Crippen LogP contribution in [0.25, 0.3) is 0 Å². The first-order valence-electron chi connectivity index (χ1n) is 6.29. The summed E-state index contributed by atoms with van der Waals surface area (Å²) in [6.45, 7) is 6.40. The summed E-state index contributed by atoms with van der Waals surface area (Å²) < 4.78 is 5.26. The van der Waals surface area contributed by atoms with Crippen molar-refractivity contribution in [3.8, 4) is 0 Å². The molecule has 2 unspecified atom stereocenters. The molecule has 2 N–H and O–H groups in total. The highest BCUT2D eigenvalue weighted by atomic mass is 16.5. The van der Waals surface area contributed by atoms with Gasteiger partial charge in [-0.25, -0.2) is 0 Å². The predicted molar refractivity (Wildman–Crippen MR) is 70.0 cm³/mol. The van der Waals surface area contributed by atoms with Crippen LogP contribution in [0.15, 0.2) is 30.3 Å². The maximum absolute atomic E-state index is 10.1. The van der Waals surface area contributed by atoms with E-state index in [0.717, 1.165) is 31.7 Å². The van der Waals surface area contributed by atoms with Crippen molar-refractivity contribution in [2.75, 3.05) is 19.8 Å². The number of hydrogen-bond acceptors (Lipinski definition) is 3. The largest absolute Gasteiger partial charge is 0.387 e. The topological polar surface area (TPSA) is 41.5 Å². The molecule has 0 heterocycles. The molecule has 0 saturated heterocycles. The first-order valence-corrected chi connectivity index (χ1v) is 6.29. The Labute approximate surface area is 104 Å². The van der Waals surface area contributed by atoms with Gasteiger partial charge in [0.25, 0.3) is 0 Å². The van der Waals surface area contributed by atoms with E-state index in [9.17, 15) is 5.11 Å². The van der Waals surface area contributed by atoms with Crippen molar-refractivity contribution in [1.29, 1.82) is 0 Å². The normalized spacial score (nSPS) is 14.5. The molecule has 0 spiro atoms. The number of nitrogens with one attached hydrogen (secondary N) is 1. The summed E-state index contributed by atoms with van der Waals surface area (Å²) in [6, 6.07) is 9.79. The Hall–Kier alpha value is -0.900.